The molecule has 0 saturated heterocycles. The van der Waals surface area contributed by atoms with E-state index in [0.29, 0.717) is 0 Å². The summed E-state index contributed by atoms with van der Waals surface area (Å²) in [5, 5.41) is 0. The fraction of sp³-hybridized carbons (Fsp3) is 0.333. The number of rotatable bonds is 2. The van der Waals surface area contributed by atoms with Crippen LogP contribution in [0, 0.1) is 12.7 Å². The third kappa shape index (κ3) is 2.48. The van der Waals surface area contributed by atoms with E-state index in [-0.39, 0.29) is 11.9 Å². The van der Waals surface area contributed by atoms with E-state index in [0.717, 1.165) is 23.1 Å². The first-order valence-electron chi connectivity index (χ1n) is 7.28. The molecule has 0 fully saturated rings. The Bertz CT molecular complexity index is 633. The summed E-state index contributed by atoms with van der Waals surface area (Å²) >= 11 is 0. The topological polar surface area (TPSA) is 26.0 Å². The fourth-order valence-corrected chi connectivity index (χ4v) is 3.07. The lowest BCUT2D eigenvalue weighted by Crippen LogP contribution is -2.15. The molecule has 0 spiro atoms. The Labute approximate surface area is 119 Å². The Morgan fingerprint density at radius 1 is 1.00 bits per heavy atom. The smallest absolute Gasteiger partial charge is 0.123 e. The lowest BCUT2D eigenvalue weighted by molar-refractivity contribution is 0.622. The minimum absolute atomic E-state index is 0.223. The molecule has 2 N–H and O–H groups in total. The molecule has 0 amide bonds. The number of benzene rings is 2. The highest BCUT2D eigenvalue weighted by Gasteiger charge is 2.15. The first-order chi connectivity index (χ1) is 9.65. The summed E-state index contributed by atoms with van der Waals surface area (Å²) in [5.41, 5.74) is 12.2. The van der Waals surface area contributed by atoms with Crippen molar-refractivity contribution in [3.05, 3.63) is 70.0 Å². The number of nitrogens with two attached hydrogens (primary N) is 1. The van der Waals surface area contributed by atoms with Gasteiger partial charge in [0, 0.05) is 0 Å². The third-order valence-electron chi connectivity index (χ3n) is 4.31. The molecule has 2 aromatic carbocycles. The van der Waals surface area contributed by atoms with Gasteiger partial charge in [-0.1, -0.05) is 24.3 Å². The standard InChI is InChI=1S/C18H20FN/c1-12-6-9-16(19)11-17(12)18(20)15-8-7-13-4-2-3-5-14(13)10-15/h6-11,18H,2-5,20H2,1H3. The van der Waals surface area contributed by atoms with E-state index in [9.17, 15) is 4.39 Å². The number of hydrogen-bond acceptors (Lipinski definition) is 1. The molecule has 1 atom stereocenters. The highest BCUT2D eigenvalue weighted by molar-refractivity contribution is 5.41. The maximum Gasteiger partial charge on any atom is 0.123 e. The molecule has 3 rings (SSSR count). The minimum Gasteiger partial charge on any atom is -0.320 e. The summed E-state index contributed by atoms with van der Waals surface area (Å²) in [7, 11) is 0. The van der Waals surface area contributed by atoms with Crippen LogP contribution in [-0.4, -0.2) is 0 Å². The zero-order valence-corrected chi connectivity index (χ0v) is 11.8. The van der Waals surface area contributed by atoms with Gasteiger partial charge in [-0.3, -0.25) is 0 Å². The molecular weight excluding hydrogens is 249 g/mol. The van der Waals surface area contributed by atoms with Gasteiger partial charge < -0.3 is 5.73 Å². The molecule has 0 aliphatic heterocycles. The molecule has 1 aliphatic carbocycles. The van der Waals surface area contributed by atoms with Gasteiger partial charge >= 0.3 is 0 Å². The van der Waals surface area contributed by atoms with Crippen LogP contribution in [-0.2, 0) is 12.8 Å². The van der Waals surface area contributed by atoms with E-state index in [2.05, 4.69) is 18.2 Å². The molecule has 2 aromatic rings. The van der Waals surface area contributed by atoms with Gasteiger partial charge in [0.05, 0.1) is 6.04 Å². The van der Waals surface area contributed by atoms with E-state index in [1.165, 1.54) is 36.5 Å². The summed E-state index contributed by atoms with van der Waals surface area (Å²) in [5.74, 6) is -0.223. The molecule has 104 valence electrons. The predicted molar refractivity (Wildman–Crippen MR) is 80.3 cm³/mol. The molecule has 0 radical (unpaired) electrons. The molecule has 2 heteroatoms. The van der Waals surface area contributed by atoms with Crippen LogP contribution in [0.25, 0.3) is 0 Å². The Morgan fingerprint density at radius 3 is 2.55 bits per heavy atom. The van der Waals surface area contributed by atoms with Gasteiger partial charge in [-0.05, 0) is 72.6 Å². The number of fused-ring (bicyclic) bond motifs is 1. The van der Waals surface area contributed by atoms with Crippen LogP contribution >= 0.6 is 0 Å². The lowest BCUT2D eigenvalue weighted by Gasteiger charge is -2.20. The number of hydrogen-bond donors (Lipinski definition) is 1. The molecule has 0 saturated carbocycles. The van der Waals surface area contributed by atoms with Crippen molar-refractivity contribution < 1.29 is 4.39 Å². The summed E-state index contributed by atoms with van der Waals surface area (Å²) in [6.45, 7) is 1.98. The van der Waals surface area contributed by atoms with Crippen molar-refractivity contribution in [2.45, 2.75) is 38.6 Å². The molecule has 0 bridgehead atoms. The minimum atomic E-state index is -0.252. The van der Waals surface area contributed by atoms with Gasteiger partial charge in [-0.25, -0.2) is 4.39 Å². The second-order valence-electron chi connectivity index (χ2n) is 5.71. The van der Waals surface area contributed by atoms with E-state index >= 15 is 0 Å². The van der Waals surface area contributed by atoms with Crippen molar-refractivity contribution in [1.29, 1.82) is 0 Å². The van der Waals surface area contributed by atoms with E-state index in [1.54, 1.807) is 12.1 Å². The van der Waals surface area contributed by atoms with Crippen LogP contribution < -0.4 is 5.73 Å². The number of aryl methyl sites for hydroxylation is 3. The van der Waals surface area contributed by atoms with Crippen LogP contribution in [0.2, 0.25) is 0 Å². The van der Waals surface area contributed by atoms with Gasteiger partial charge in [0.2, 0.25) is 0 Å². The molecule has 20 heavy (non-hydrogen) atoms. The van der Waals surface area contributed by atoms with Crippen LogP contribution in [0.15, 0.2) is 36.4 Å². The van der Waals surface area contributed by atoms with Crippen LogP contribution in [0.5, 0.6) is 0 Å². The van der Waals surface area contributed by atoms with Crippen LogP contribution in [0.4, 0.5) is 4.39 Å². The lowest BCUT2D eigenvalue weighted by atomic mass is 9.87. The van der Waals surface area contributed by atoms with Crippen molar-refractivity contribution >= 4 is 0 Å². The van der Waals surface area contributed by atoms with E-state index in [4.69, 9.17) is 5.73 Å². The largest absolute Gasteiger partial charge is 0.320 e. The maximum atomic E-state index is 13.4. The fourth-order valence-electron chi connectivity index (χ4n) is 3.07. The van der Waals surface area contributed by atoms with Gasteiger partial charge in [0.15, 0.2) is 0 Å². The average molecular weight is 269 g/mol. The van der Waals surface area contributed by atoms with Gasteiger partial charge in [-0.2, -0.15) is 0 Å². The van der Waals surface area contributed by atoms with Crippen molar-refractivity contribution in [3.63, 3.8) is 0 Å². The quantitative estimate of drug-likeness (QED) is 0.874. The van der Waals surface area contributed by atoms with Crippen molar-refractivity contribution in [3.8, 4) is 0 Å². The first-order valence-corrected chi connectivity index (χ1v) is 7.28. The SMILES string of the molecule is Cc1ccc(F)cc1C(N)c1ccc2c(c1)CCCC2. The van der Waals surface area contributed by atoms with Gasteiger partial charge in [-0.15, -0.1) is 0 Å². The highest BCUT2D eigenvalue weighted by Crippen LogP contribution is 2.28. The van der Waals surface area contributed by atoms with Crippen molar-refractivity contribution in [2.75, 3.05) is 0 Å². The van der Waals surface area contributed by atoms with Gasteiger partial charge in [0.1, 0.15) is 5.82 Å². The normalized spacial score (nSPS) is 15.8. The summed E-state index contributed by atoms with van der Waals surface area (Å²) in [4.78, 5) is 0. The molecular formula is C18H20FN. The van der Waals surface area contributed by atoms with E-state index < -0.39 is 0 Å². The summed E-state index contributed by atoms with van der Waals surface area (Å²) in [6.07, 6.45) is 4.84. The monoisotopic (exact) mass is 269 g/mol. The Kier molecular flexibility index (Phi) is 3.58. The van der Waals surface area contributed by atoms with Gasteiger partial charge in [0.25, 0.3) is 0 Å². The van der Waals surface area contributed by atoms with Crippen molar-refractivity contribution in [2.24, 2.45) is 5.73 Å². The predicted octanol–water partition coefficient (Wildman–Crippen LogP) is 4.06. The second kappa shape index (κ2) is 5.37. The number of halogens is 1. The molecule has 1 unspecified atom stereocenters. The Morgan fingerprint density at radius 2 is 1.75 bits per heavy atom. The molecule has 0 aromatic heterocycles. The molecule has 0 heterocycles. The second-order valence-corrected chi connectivity index (χ2v) is 5.71. The third-order valence-corrected chi connectivity index (χ3v) is 4.31. The van der Waals surface area contributed by atoms with E-state index in [1.807, 2.05) is 6.92 Å². The maximum absolute atomic E-state index is 13.4. The average Bonchev–Trinajstić information content (AvgIpc) is 2.48. The zero-order valence-electron chi connectivity index (χ0n) is 11.8. The summed E-state index contributed by atoms with van der Waals surface area (Å²) < 4.78 is 13.4. The Hall–Kier alpha value is -1.67. The summed E-state index contributed by atoms with van der Waals surface area (Å²) in [6, 6.07) is 11.1. The van der Waals surface area contributed by atoms with Crippen LogP contribution in [0.1, 0.15) is 46.7 Å². The van der Waals surface area contributed by atoms with Crippen molar-refractivity contribution in [1.82, 2.24) is 0 Å². The molecule has 1 nitrogen and oxygen atoms in total. The Balaban J connectivity index is 1.97. The zero-order chi connectivity index (χ0) is 14.1. The highest BCUT2D eigenvalue weighted by atomic mass is 19.1. The first kappa shape index (κ1) is 13.3. The van der Waals surface area contributed by atoms with Crippen LogP contribution in [0.3, 0.4) is 0 Å². The molecule has 1 aliphatic rings.